The SMILES string of the molecule is O=C(O)C1(O)CCCCCCCC1. The van der Waals surface area contributed by atoms with Gasteiger partial charge < -0.3 is 10.2 Å². The summed E-state index contributed by atoms with van der Waals surface area (Å²) in [6.45, 7) is 0. The number of carboxylic acids is 1. The maximum atomic E-state index is 10.8. The van der Waals surface area contributed by atoms with Crippen molar-refractivity contribution in [1.29, 1.82) is 0 Å². The first-order valence-corrected chi connectivity index (χ1v) is 5.11. The zero-order valence-corrected chi connectivity index (χ0v) is 7.96. The first-order chi connectivity index (χ1) is 6.15. The lowest BCUT2D eigenvalue weighted by atomic mass is 9.92. The molecule has 0 aromatic heterocycles. The normalized spacial score (nSPS) is 24.1. The third-order valence-electron chi connectivity index (χ3n) is 2.83. The largest absolute Gasteiger partial charge is 0.479 e. The number of carbonyl (C=O) groups is 1. The van der Waals surface area contributed by atoms with Crippen molar-refractivity contribution in [3.05, 3.63) is 0 Å². The summed E-state index contributed by atoms with van der Waals surface area (Å²) in [5.74, 6) is -1.05. The maximum absolute atomic E-state index is 10.8. The summed E-state index contributed by atoms with van der Waals surface area (Å²) in [7, 11) is 0. The van der Waals surface area contributed by atoms with E-state index in [1.807, 2.05) is 0 Å². The van der Waals surface area contributed by atoms with Gasteiger partial charge in [0, 0.05) is 0 Å². The van der Waals surface area contributed by atoms with Crippen LogP contribution >= 0.6 is 0 Å². The van der Waals surface area contributed by atoms with Crippen molar-refractivity contribution in [2.45, 2.75) is 57.0 Å². The number of hydrogen-bond acceptors (Lipinski definition) is 2. The lowest BCUT2D eigenvalue weighted by molar-refractivity contribution is -0.160. The van der Waals surface area contributed by atoms with Gasteiger partial charge in [-0.1, -0.05) is 25.7 Å². The Morgan fingerprint density at radius 2 is 1.31 bits per heavy atom. The van der Waals surface area contributed by atoms with Gasteiger partial charge in [0.15, 0.2) is 5.60 Å². The zero-order valence-electron chi connectivity index (χ0n) is 7.96. The molecule has 2 N–H and O–H groups in total. The molecular formula is C10H18O3. The van der Waals surface area contributed by atoms with Gasteiger partial charge in [0.25, 0.3) is 0 Å². The van der Waals surface area contributed by atoms with Crippen LogP contribution < -0.4 is 0 Å². The third kappa shape index (κ3) is 2.99. The standard InChI is InChI=1S/C10H18O3/c11-9(12)10(13)7-5-3-1-2-4-6-8-10/h13H,1-8H2,(H,11,12). The highest BCUT2D eigenvalue weighted by Crippen LogP contribution is 2.25. The molecular weight excluding hydrogens is 168 g/mol. The number of carboxylic acid groups (broad SMARTS) is 1. The second-order valence-corrected chi connectivity index (χ2v) is 3.96. The molecule has 13 heavy (non-hydrogen) atoms. The molecule has 0 heterocycles. The van der Waals surface area contributed by atoms with Crippen molar-refractivity contribution in [2.24, 2.45) is 0 Å². The molecule has 0 unspecified atom stereocenters. The topological polar surface area (TPSA) is 57.5 Å². The Morgan fingerprint density at radius 3 is 1.69 bits per heavy atom. The fourth-order valence-corrected chi connectivity index (χ4v) is 1.88. The van der Waals surface area contributed by atoms with Gasteiger partial charge in [-0.15, -0.1) is 0 Å². The Kier molecular flexibility index (Phi) is 3.72. The fourth-order valence-electron chi connectivity index (χ4n) is 1.88. The molecule has 0 aliphatic heterocycles. The van der Waals surface area contributed by atoms with Crippen LogP contribution in [0.25, 0.3) is 0 Å². The Balaban J connectivity index is 2.54. The van der Waals surface area contributed by atoms with Gasteiger partial charge >= 0.3 is 5.97 Å². The summed E-state index contributed by atoms with van der Waals surface area (Å²) in [4.78, 5) is 10.8. The Morgan fingerprint density at radius 1 is 0.923 bits per heavy atom. The number of rotatable bonds is 1. The van der Waals surface area contributed by atoms with E-state index in [9.17, 15) is 9.90 Å². The van der Waals surface area contributed by atoms with Crippen LogP contribution in [0.4, 0.5) is 0 Å². The molecule has 0 aromatic carbocycles. The van der Waals surface area contributed by atoms with Gasteiger partial charge in [-0.3, -0.25) is 0 Å². The number of aliphatic hydroxyl groups is 1. The van der Waals surface area contributed by atoms with Crippen LogP contribution in [0.1, 0.15) is 51.4 Å². The second-order valence-electron chi connectivity index (χ2n) is 3.96. The van der Waals surface area contributed by atoms with Crippen LogP contribution in [-0.2, 0) is 4.79 Å². The van der Waals surface area contributed by atoms with Gasteiger partial charge in [-0.25, -0.2) is 4.79 Å². The Labute approximate surface area is 78.8 Å². The molecule has 1 rings (SSSR count). The average molecular weight is 186 g/mol. The Bertz CT molecular complexity index is 167. The van der Waals surface area contributed by atoms with E-state index in [-0.39, 0.29) is 0 Å². The van der Waals surface area contributed by atoms with Crippen molar-refractivity contribution in [3.8, 4) is 0 Å². The van der Waals surface area contributed by atoms with E-state index in [0.29, 0.717) is 12.8 Å². The summed E-state index contributed by atoms with van der Waals surface area (Å²) in [5, 5.41) is 18.6. The average Bonchev–Trinajstić information content (AvgIpc) is 2.18. The van der Waals surface area contributed by atoms with E-state index in [2.05, 4.69) is 0 Å². The molecule has 0 atom stereocenters. The van der Waals surface area contributed by atoms with Crippen molar-refractivity contribution in [1.82, 2.24) is 0 Å². The molecule has 1 fully saturated rings. The highest BCUT2D eigenvalue weighted by atomic mass is 16.4. The maximum Gasteiger partial charge on any atom is 0.335 e. The lowest BCUT2D eigenvalue weighted by Gasteiger charge is -2.22. The minimum absolute atomic E-state index is 0.419. The molecule has 0 radical (unpaired) electrons. The Hall–Kier alpha value is -0.570. The molecule has 1 aliphatic rings. The fraction of sp³-hybridized carbons (Fsp3) is 0.900. The smallest absolute Gasteiger partial charge is 0.335 e. The highest BCUT2D eigenvalue weighted by molar-refractivity contribution is 5.76. The molecule has 0 amide bonds. The van der Waals surface area contributed by atoms with Crippen LogP contribution in [0.5, 0.6) is 0 Å². The van der Waals surface area contributed by atoms with Crippen molar-refractivity contribution < 1.29 is 15.0 Å². The molecule has 1 saturated carbocycles. The van der Waals surface area contributed by atoms with Crippen molar-refractivity contribution in [3.63, 3.8) is 0 Å². The predicted molar refractivity (Wildman–Crippen MR) is 49.5 cm³/mol. The van der Waals surface area contributed by atoms with Crippen LogP contribution in [0, 0.1) is 0 Å². The number of hydrogen-bond donors (Lipinski definition) is 2. The molecule has 1 aliphatic carbocycles. The molecule has 0 saturated heterocycles. The first-order valence-electron chi connectivity index (χ1n) is 5.11. The minimum Gasteiger partial charge on any atom is -0.479 e. The molecule has 76 valence electrons. The lowest BCUT2D eigenvalue weighted by Crippen LogP contribution is -2.38. The summed E-state index contributed by atoms with van der Waals surface area (Å²) in [6.07, 6.45) is 6.97. The van der Waals surface area contributed by atoms with Crippen molar-refractivity contribution in [2.75, 3.05) is 0 Å². The quantitative estimate of drug-likeness (QED) is 0.658. The zero-order chi connectivity index (χ0) is 9.73. The van der Waals surface area contributed by atoms with E-state index >= 15 is 0 Å². The first kappa shape index (κ1) is 10.5. The minimum atomic E-state index is -1.44. The molecule has 0 spiro atoms. The van der Waals surface area contributed by atoms with Crippen LogP contribution in [0.3, 0.4) is 0 Å². The third-order valence-corrected chi connectivity index (χ3v) is 2.83. The van der Waals surface area contributed by atoms with Gasteiger partial charge in [0.05, 0.1) is 0 Å². The van der Waals surface area contributed by atoms with E-state index in [0.717, 1.165) is 25.7 Å². The summed E-state index contributed by atoms with van der Waals surface area (Å²) < 4.78 is 0. The van der Waals surface area contributed by atoms with E-state index in [1.165, 1.54) is 12.8 Å². The van der Waals surface area contributed by atoms with Gasteiger partial charge in [0.1, 0.15) is 0 Å². The molecule has 0 bridgehead atoms. The van der Waals surface area contributed by atoms with Crippen molar-refractivity contribution >= 4 is 5.97 Å². The second kappa shape index (κ2) is 4.61. The molecule has 3 nitrogen and oxygen atoms in total. The predicted octanol–water partition coefficient (Wildman–Crippen LogP) is 1.94. The number of aliphatic carboxylic acids is 1. The van der Waals surface area contributed by atoms with E-state index < -0.39 is 11.6 Å². The molecule has 3 heteroatoms. The van der Waals surface area contributed by atoms with E-state index in [1.54, 1.807) is 0 Å². The van der Waals surface area contributed by atoms with Gasteiger partial charge in [-0.05, 0) is 25.7 Å². The summed E-state index contributed by atoms with van der Waals surface area (Å²) >= 11 is 0. The van der Waals surface area contributed by atoms with Crippen LogP contribution in [-0.4, -0.2) is 21.8 Å². The molecule has 0 aromatic rings. The van der Waals surface area contributed by atoms with Crippen LogP contribution in [0.2, 0.25) is 0 Å². The van der Waals surface area contributed by atoms with Crippen LogP contribution in [0.15, 0.2) is 0 Å². The van der Waals surface area contributed by atoms with E-state index in [4.69, 9.17) is 5.11 Å². The highest BCUT2D eigenvalue weighted by Gasteiger charge is 2.34. The monoisotopic (exact) mass is 186 g/mol. The van der Waals surface area contributed by atoms with Gasteiger partial charge in [-0.2, -0.15) is 0 Å². The summed E-state index contributed by atoms with van der Waals surface area (Å²) in [5.41, 5.74) is -1.44. The van der Waals surface area contributed by atoms with Gasteiger partial charge in [0.2, 0.25) is 0 Å². The summed E-state index contributed by atoms with van der Waals surface area (Å²) in [6, 6.07) is 0.